The van der Waals surface area contributed by atoms with E-state index in [1.54, 1.807) is 24.3 Å². The molecule has 2 N–H and O–H groups in total. The van der Waals surface area contributed by atoms with Crippen molar-refractivity contribution in [3.8, 4) is 46.0 Å². The van der Waals surface area contributed by atoms with E-state index in [0.717, 1.165) is 0 Å². The number of anilines is 1. The molecular weight excluding hydrogens is 544 g/mol. The number of aromatic nitrogens is 3. The van der Waals surface area contributed by atoms with E-state index in [1.165, 1.54) is 64.1 Å². The van der Waals surface area contributed by atoms with Crippen LogP contribution in [0.25, 0.3) is 11.4 Å². The first-order chi connectivity index (χ1) is 19.3. The summed E-state index contributed by atoms with van der Waals surface area (Å²) < 4.78 is 57.6. The lowest BCUT2D eigenvalue weighted by Crippen LogP contribution is -2.23. The molecule has 0 fully saturated rings. The third kappa shape index (κ3) is 6.24. The fourth-order valence-corrected chi connectivity index (χ4v) is 4.53. The summed E-state index contributed by atoms with van der Waals surface area (Å²) >= 11 is 0. The average Bonchev–Trinajstić information content (AvgIpc) is 2.97. The van der Waals surface area contributed by atoms with E-state index in [-0.39, 0.29) is 52.9 Å². The number of aliphatic hydroxyl groups is 1. The van der Waals surface area contributed by atoms with Crippen molar-refractivity contribution in [1.29, 1.82) is 0 Å². The number of hydrogen-bond donors (Lipinski definition) is 2. The number of hydrogen-bond acceptors (Lipinski definition) is 11. The van der Waals surface area contributed by atoms with Crippen LogP contribution < -0.4 is 33.1 Å². The number of para-hydroxylation sites is 2. The van der Waals surface area contributed by atoms with Crippen molar-refractivity contribution in [2.75, 3.05) is 39.3 Å². The highest BCUT2D eigenvalue weighted by atomic mass is 32.2. The first-order valence-electron chi connectivity index (χ1n) is 11.7. The number of nitrogens with zero attached hydrogens (tertiary/aromatic N) is 3. The van der Waals surface area contributed by atoms with Crippen molar-refractivity contribution in [2.45, 2.75) is 4.90 Å². The second-order valence-electron chi connectivity index (χ2n) is 7.92. The predicted molar refractivity (Wildman–Crippen MR) is 142 cm³/mol. The Labute approximate surface area is 230 Å². The Kier molecular flexibility index (Phi) is 8.71. The summed E-state index contributed by atoms with van der Waals surface area (Å²) in [6.07, 6.45) is 2.47. The van der Waals surface area contributed by atoms with Gasteiger partial charge < -0.3 is 34.0 Å². The van der Waals surface area contributed by atoms with E-state index in [2.05, 4.69) is 14.7 Å². The van der Waals surface area contributed by atoms with Crippen LogP contribution in [-0.4, -0.2) is 58.0 Å². The van der Waals surface area contributed by atoms with Gasteiger partial charge in [0.15, 0.2) is 47.0 Å². The normalized spacial score (nSPS) is 11.0. The lowest BCUT2D eigenvalue weighted by molar-refractivity contribution is -0.605. The van der Waals surface area contributed by atoms with Gasteiger partial charge in [0.1, 0.15) is 6.61 Å². The summed E-state index contributed by atoms with van der Waals surface area (Å²) in [7, 11) is -0.0294. The number of sulfonamides is 1. The van der Waals surface area contributed by atoms with E-state index in [0.29, 0.717) is 21.8 Å². The van der Waals surface area contributed by atoms with Gasteiger partial charge in [0, 0.05) is 23.8 Å². The smallest absolute Gasteiger partial charge is 0.263 e. The Morgan fingerprint density at radius 3 is 2.20 bits per heavy atom. The van der Waals surface area contributed by atoms with Crippen LogP contribution in [0.3, 0.4) is 0 Å². The first kappa shape index (κ1) is 28.2. The van der Waals surface area contributed by atoms with Crippen LogP contribution in [0.5, 0.6) is 34.6 Å². The number of aliphatic hydroxyl groups excluding tert-OH is 1. The van der Waals surface area contributed by atoms with Crippen molar-refractivity contribution in [3.05, 3.63) is 72.2 Å². The zero-order valence-corrected chi connectivity index (χ0v) is 22.5. The molecule has 0 bridgehead atoms. The SMILES string of the molecule is COc1ccc(S(=O)(=O)Nc2nc(-c3cc[n+]([O-])cc3)nc(OCCO)c2Oc2ccccc2OC)cc1OC. The third-order valence-electron chi connectivity index (χ3n) is 5.40. The van der Waals surface area contributed by atoms with E-state index in [9.17, 15) is 18.7 Å². The van der Waals surface area contributed by atoms with Gasteiger partial charge in [0.2, 0.25) is 5.75 Å². The highest BCUT2D eigenvalue weighted by Gasteiger charge is 2.26. The number of benzene rings is 2. The van der Waals surface area contributed by atoms with Crippen molar-refractivity contribution in [1.82, 2.24) is 9.97 Å². The molecule has 0 unspecified atom stereocenters. The Morgan fingerprint density at radius 1 is 0.900 bits per heavy atom. The number of pyridine rings is 1. The Bertz CT molecular complexity index is 1580. The maximum atomic E-state index is 13.5. The zero-order chi connectivity index (χ0) is 28.7. The molecule has 0 atom stereocenters. The molecule has 0 aliphatic carbocycles. The van der Waals surface area contributed by atoms with E-state index in [1.807, 2.05) is 0 Å². The van der Waals surface area contributed by atoms with E-state index in [4.69, 9.17) is 23.7 Å². The molecule has 4 aromatic rings. The van der Waals surface area contributed by atoms with Crippen molar-refractivity contribution < 1.29 is 41.9 Å². The van der Waals surface area contributed by atoms with Crippen LogP contribution >= 0.6 is 0 Å². The largest absolute Gasteiger partial charge is 0.619 e. The highest BCUT2D eigenvalue weighted by molar-refractivity contribution is 7.92. The zero-order valence-electron chi connectivity index (χ0n) is 21.7. The van der Waals surface area contributed by atoms with Crippen molar-refractivity contribution in [3.63, 3.8) is 0 Å². The minimum atomic E-state index is -4.29. The molecule has 13 nitrogen and oxygen atoms in total. The molecule has 0 saturated carbocycles. The van der Waals surface area contributed by atoms with Crippen LogP contribution in [0, 0.1) is 5.21 Å². The topological polar surface area (TPSA) is 165 Å². The first-order valence-corrected chi connectivity index (χ1v) is 13.2. The lowest BCUT2D eigenvalue weighted by atomic mass is 10.2. The van der Waals surface area contributed by atoms with Gasteiger partial charge in [0.05, 0.1) is 32.8 Å². The molecule has 0 radical (unpaired) electrons. The Balaban J connectivity index is 1.89. The molecule has 14 heteroatoms. The summed E-state index contributed by atoms with van der Waals surface area (Å²) in [5.74, 6) is 0.467. The van der Waals surface area contributed by atoms with Crippen LogP contribution in [0.15, 0.2) is 71.9 Å². The number of ether oxygens (including phenoxy) is 5. The predicted octanol–water partition coefficient (Wildman–Crippen LogP) is 2.77. The molecule has 2 aromatic carbocycles. The second-order valence-corrected chi connectivity index (χ2v) is 9.61. The molecule has 40 heavy (non-hydrogen) atoms. The quantitative estimate of drug-likeness (QED) is 0.190. The molecule has 0 aliphatic rings. The molecule has 0 saturated heterocycles. The molecule has 4 rings (SSSR count). The molecule has 2 heterocycles. The fraction of sp³-hybridized carbons (Fsp3) is 0.192. The van der Waals surface area contributed by atoms with Crippen molar-refractivity contribution in [2.24, 2.45) is 0 Å². The van der Waals surface area contributed by atoms with E-state index >= 15 is 0 Å². The number of nitrogens with one attached hydrogen (secondary N) is 1. The standard InChI is InChI=1S/C26H26N4O9S/c1-35-19-6-4-5-7-21(19)39-23-25(29-40(33,34)18-8-9-20(36-2)22(16-18)37-3)27-24(28-26(23)38-15-14-31)17-10-12-30(32)13-11-17/h4-13,16,31H,14-15H2,1-3H3,(H,27,28,29). The summed E-state index contributed by atoms with van der Waals surface area (Å²) in [6, 6.07) is 13.6. The van der Waals surface area contributed by atoms with Gasteiger partial charge in [-0.05, 0) is 24.3 Å². The van der Waals surface area contributed by atoms with Gasteiger partial charge >= 0.3 is 0 Å². The minimum Gasteiger partial charge on any atom is -0.619 e. The van der Waals surface area contributed by atoms with Crippen LogP contribution in [0.4, 0.5) is 5.82 Å². The maximum absolute atomic E-state index is 13.5. The molecule has 0 amide bonds. The molecular formula is C26H26N4O9S. The van der Waals surface area contributed by atoms with Gasteiger partial charge in [-0.2, -0.15) is 9.71 Å². The Hall–Kier alpha value is -4.82. The van der Waals surface area contributed by atoms with Gasteiger partial charge in [-0.3, -0.25) is 4.72 Å². The summed E-state index contributed by atoms with van der Waals surface area (Å²) in [5, 5.41) is 21.0. The monoisotopic (exact) mass is 570 g/mol. The lowest BCUT2D eigenvalue weighted by Gasteiger charge is -2.18. The van der Waals surface area contributed by atoms with E-state index < -0.39 is 10.0 Å². The average molecular weight is 571 g/mol. The van der Waals surface area contributed by atoms with Crippen LogP contribution in [-0.2, 0) is 10.0 Å². The number of methoxy groups -OCH3 is 3. The molecule has 0 aliphatic heterocycles. The van der Waals surface area contributed by atoms with Gasteiger partial charge in [-0.25, -0.2) is 13.4 Å². The third-order valence-corrected chi connectivity index (χ3v) is 6.74. The second kappa shape index (κ2) is 12.4. The minimum absolute atomic E-state index is 0.0194. The molecule has 210 valence electrons. The van der Waals surface area contributed by atoms with Crippen LogP contribution in [0.2, 0.25) is 0 Å². The maximum Gasteiger partial charge on any atom is 0.263 e. The molecule has 2 aromatic heterocycles. The van der Waals surface area contributed by atoms with Crippen LogP contribution in [0.1, 0.15) is 0 Å². The van der Waals surface area contributed by atoms with Gasteiger partial charge in [-0.1, -0.05) is 12.1 Å². The highest BCUT2D eigenvalue weighted by Crippen LogP contribution is 2.42. The Morgan fingerprint density at radius 2 is 1.55 bits per heavy atom. The summed E-state index contributed by atoms with van der Waals surface area (Å²) in [6.45, 7) is -0.544. The number of rotatable bonds is 12. The molecule has 0 spiro atoms. The fourth-order valence-electron chi connectivity index (χ4n) is 3.51. The summed E-state index contributed by atoms with van der Waals surface area (Å²) in [4.78, 5) is 8.63. The summed E-state index contributed by atoms with van der Waals surface area (Å²) in [5.41, 5.74) is 0.386. The van der Waals surface area contributed by atoms with Gasteiger partial charge in [0.25, 0.3) is 15.9 Å². The van der Waals surface area contributed by atoms with Crippen molar-refractivity contribution >= 4 is 15.8 Å². The van der Waals surface area contributed by atoms with Gasteiger partial charge in [-0.15, -0.1) is 0 Å².